The van der Waals surface area contributed by atoms with E-state index in [1.54, 1.807) is 19.1 Å². The Hall–Kier alpha value is -3.00. The lowest BCUT2D eigenvalue weighted by Gasteiger charge is -2.12. The van der Waals surface area contributed by atoms with E-state index in [9.17, 15) is 4.79 Å². The van der Waals surface area contributed by atoms with Crippen molar-refractivity contribution in [2.75, 3.05) is 11.2 Å². The van der Waals surface area contributed by atoms with Crippen LogP contribution in [0.3, 0.4) is 0 Å². The largest absolute Gasteiger partial charge is 0.457 e. The number of benzene rings is 2. The zero-order valence-electron chi connectivity index (χ0n) is 16.0. The van der Waals surface area contributed by atoms with Gasteiger partial charge in [-0.1, -0.05) is 43.8 Å². The maximum absolute atomic E-state index is 12.5. The van der Waals surface area contributed by atoms with Crippen LogP contribution in [-0.2, 0) is 4.79 Å². The lowest BCUT2D eigenvalue weighted by atomic mass is 10.2. The molecule has 1 amide bonds. The summed E-state index contributed by atoms with van der Waals surface area (Å²) in [5.74, 6) is 8.17. The molecule has 0 aliphatic rings. The molecular formula is C20H23N5O2S. The predicted octanol–water partition coefficient (Wildman–Crippen LogP) is 4.03. The summed E-state index contributed by atoms with van der Waals surface area (Å²) >= 11 is 1.27. The Labute approximate surface area is 168 Å². The molecule has 0 saturated heterocycles. The Bertz CT molecular complexity index is 926. The van der Waals surface area contributed by atoms with Crippen molar-refractivity contribution in [1.82, 2.24) is 14.9 Å². The number of rotatable bonds is 7. The van der Waals surface area contributed by atoms with Gasteiger partial charge in [0, 0.05) is 11.6 Å². The highest BCUT2D eigenvalue weighted by atomic mass is 32.2. The molecule has 3 aromatic rings. The minimum absolute atomic E-state index is 0.143. The Balaban J connectivity index is 1.58. The number of nitrogens with two attached hydrogens (primary N) is 1. The summed E-state index contributed by atoms with van der Waals surface area (Å²) in [4.78, 5) is 12.5. The number of nitrogens with zero attached hydrogens (tertiary/aromatic N) is 3. The maximum atomic E-state index is 12.5. The fourth-order valence-corrected chi connectivity index (χ4v) is 3.23. The number of hydrogen-bond donors (Lipinski definition) is 2. The van der Waals surface area contributed by atoms with Crippen molar-refractivity contribution in [3.8, 4) is 11.5 Å². The molecule has 1 heterocycles. The number of para-hydroxylation sites is 1. The summed E-state index contributed by atoms with van der Waals surface area (Å²) in [5, 5.41) is 11.2. The number of nitrogens with one attached hydrogen (secondary N) is 1. The molecule has 3 N–H and O–H groups in total. The number of carbonyl (C=O) groups is 1. The van der Waals surface area contributed by atoms with Crippen molar-refractivity contribution in [3.05, 3.63) is 60.4 Å². The molecule has 0 aliphatic heterocycles. The van der Waals surface area contributed by atoms with Crippen molar-refractivity contribution < 1.29 is 9.53 Å². The maximum Gasteiger partial charge on any atom is 0.237 e. The lowest BCUT2D eigenvalue weighted by molar-refractivity contribution is -0.115. The second-order valence-corrected chi connectivity index (χ2v) is 7.86. The van der Waals surface area contributed by atoms with Gasteiger partial charge >= 0.3 is 0 Å². The Kier molecular flexibility index (Phi) is 6.20. The van der Waals surface area contributed by atoms with Crippen LogP contribution >= 0.6 is 11.8 Å². The van der Waals surface area contributed by atoms with Gasteiger partial charge in [-0.3, -0.25) is 4.79 Å². The molecule has 0 aliphatic carbocycles. The van der Waals surface area contributed by atoms with Crippen LogP contribution in [0.4, 0.5) is 5.69 Å². The number of anilines is 1. The average molecular weight is 398 g/mol. The number of thioether (sulfide) groups is 1. The van der Waals surface area contributed by atoms with Crippen LogP contribution in [0.2, 0.25) is 0 Å². The molecule has 0 spiro atoms. The van der Waals surface area contributed by atoms with Crippen molar-refractivity contribution >= 4 is 23.4 Å². The molecule has 1 atom stereocenters. The standard InChI is InChI=1S/C20H23N5O2S/c1-13(2)18-23-24-20(25(18)21)28-14(3)19(26)22-15-9-11-17(12-10-15)27-16-7-5-4-6-8-16/h4-14H,21H2,1-3H3,(H,22,26)/t14-/m0/s1. The highest BCUT2D eigenvalue weighted by molar-refractivity contribution is 8.00. The number of ether oxygens (including phenoxy) is 1. The molecule has 1 aromatic heterocycles. The van der Waals surface area contributed by atoms with Gasteiger partial charge in [-0.25, -0.2) is 4.68 Å². The van der Waals surface area contributed by atoms with Gasteiger partial charge in [0.25, 0.3) is 0 Å². The van der Waals surface area contributed by atoms with Crippen molar-refractivity contribution in [2.24, 2.45) is 0 Å². The Morgan fingerprint density at radius 1 is 1.04 bits per heavy atom. The predicted molar refractivity (Wildman–Crippen MR) is 111 cm³/mol. The molecule has 8 heteroatoms. The molecule has 3 rings (SSSR count). The number of amides is 1. The first-order chi connectivity index (χ1) is 13.4. The third-order valence-corrected chi connectivity index (χ3v) is 5.02. The quantitative estimate of drug-likeness (QED) is 0.462. The third-order valence-electron chi connectivity index (χ3n) is 3.96. The van der Waals surface area contributed by atoms with Crippen LogP contribution in [0.5, 0.6) is 11.5 Å². The van der Waals surface area contributed by atoms with Crippen LogP contribution in [0.25, 0.3) is 0 Å². The number of aromatic nitrogens is 3. The molecule has 146 valence electrons. The minimum Gasteiger partial charge on any atom is -0.457 e. The van der Waals surface area contributed by atoms with Gasteiger partial charge in [-0.05, 0) is 43.3 Å². The zero-order valence-corrected chi connectivity index (χ0v) is 16.8. The van der Waals surface area contributed by atoms with Crippen LogP contribution in [-0.4, -0.2) is 26.0 Å². The highest BCUT2D eigenvalue weighted by Gasteiger charge is 2.20. The first-order valence-electron chi connectivity index (χ1n) is 8.95. The SMILES string of the molecule is CC(C)c1nnc(S[C@@H](C)C(=O)Nc2ccc(Oc3ccccc3)cc2)n1N. The highest BCUT2D eigenvalue weighted by Crippen LogP contribution is 2.25. The second kappa shape index (κ2) is 8.79. The van der Waals surface area contributed by atoms with Gasteiger partial charge in [0.15, 0.2) is 5.82 Å². The van der Waals surface area contributed by atoms with E-state index < -0.39 is 0 Å². The van der Waals surface area contributed by atoms with Gasteiger partial charge in [-0.15, -0.1) is 10.2 Å². The molecule has 7 nitrogen and oxygen atoms in total. The van der Waals surface area contributed by atoms with Crippen LogP contribution in [0.1, 0.15) is 32.5 Å². The van der Waals surface area contributed by atoms with Gasteiger partial charge in [0.1, 0.15) is 11.5 Å². The summed E-state index contributed by atoms with van der Waals surface area (Å²) in [6.07, 6.45) is 0. The Morgan fingerprint density at radius 2 is 1.68 bits per heavy atom. The molecule has 0 unspecified atom stereocenters. The molecule has 0 radical (unpaired) electrons. The van der Waals surface area contributed by atoms with E-state index in [1.165, 1.54) is 16.4 Å². The van der Waals surface area contributed by atoms with Gasteiger partial charge in [-0.2, -0.15) is 0 Å². The first kappa shape index (κ1) is 19.8. The van der Waals surface area contributed by atoms with Crippen LogP contribution < -0.4 is 15.9 Å². The molecular weight excluding hydrogens is 374 g/mol. The summed E-state index contributed by atoms with van der Waals surface area (Å²) in [6.45, 7) is 5.78. The summed E-state index contributed by atoms with van der Waals surface area (Å²) in [5.41, 5.74) is 0.690. The summed E-state index contributed by atoms with van der Waals surface area (Å²) in [6, 6.07) is 16.8. The van der Waals surface area contributed by atoms with Crippen LogP contribution in [0.15, 0.2) is 59.8 Å². The second-order valence-electron chi connectivity index (χ2n) is 6.55. The summed E-state index contributed by atoms with van der Waals surface area (Å²) in [7, 11) is 0. The summed E-state index contributed by atoms with van der Waals surface area (Å²) < 4.78 is 7.19. The fourth-order valence-electron chi connectivity index (χ4n) is 2.45. The van der Waals surface area contributed by atoms with E-state index >= 15 is 0 Å². The minimum atomic E-state index is -0.383. The van der Waals surface area contributed by atoms with E-state index in [2.05, 4.69) is 15.5 Å². The number of nitrogen functional groups attached to an aromatic ring is 1. The van der Waals surface area contributed by atoms with Crippen molar-refractivity contribution in [1.29, 1.82) is 0 Å². The van der Waals surface area contributed by atoms with E-state index in [-0.39, 0.29) is 17.1 Å². The van der Waals surface area contributed by atoms with Gasteiger partial charge < -0.3 is 15.9 Å². The Morgan fingerprint density at radius 3 is 2.29 bits per heavy atom. The topological polar surface area (TPSA) is 95.1 Å². The van der Waals surface area contributed by atoms with E-state index in [4.69, 9.17) is 10.6 Å². The van der Waals surface area contributed by atoms with E-state index in [1.807, 2.05) is 56.3 Å². The monoisotopic (exact) mass is 397 g/mol. The first-order valence-corrected chi connectivity index (χ1v) is 9.83. The third kappa shape index (κ3) is 4.83. The number of hydrogen-bond acceptors (Lipinski definition) is 6. The molecule has 28 heavy (non-hydrogen) atoms. The molecule has 2 aromatic carbocycles. The molecule has 0 fully saturated rings. The van der Waals surface area contributed by atoms with Gasteiger partial charge in [0.05, 0.1) is 5.25 Å². The van der Waals surface area contributed by atoms with E-state index in [0.29, 0.717) is 22.4 Å². The lowest BCUT2D eigenvalue weighted by Crippen LogP contribution is -2.24. The van der Waals surface area contributed by atoms with Crippen molar-refractivity contribution in [3.63, 3.8) is 0 Å². The van der Waals surface area contributed by atoms with E-state index in [0.717, 1.165) is 5.75 Å². The zero-order chi connectivity index (χ0) is 20.1. The van der Waals surface area contributed by atoms with Gasteiger partial charge in [0.2, 0.25) is 11.1 Å². The average Bonchev–Trinajstić information content (AvgIpc) is 3.04. The number of carbonyl (C=O) groups excluding carboxylic acids is 1. The fraction of sp³-hybridized carbons (Fsp3) is 0.250. The smallest absolute Gasteiger partial charge is 0.237 e. The van der Waals surface area contributed by atoms with Crippen molar-refractivity contribution in [2.45, 2.75) is 37.1 Å². The van der Waals surface area contributed by atoms with Crippen LogP contribution in [0, 0.1) is 0 Å². The molecule has 0 bridgehead atoms. The molecule has 0 saturated carbocycles. The normalized spacial score (nSPS) is 12.0.